The first-order chi connectivity index (χ1) is 2.77. The van der Waals surface area contributed by atoms with Crippen molar-refractivity contribution in [2.75, 3.05) is 0 Å². The second kappa shape index (κ2) is 10.9. The van der Waals surface area contributed by atoms with E-state index in [-0.39, 0.29) is 35.5 Å². The summed E-state index contributed by atoms with van der Waals surface area (Å²) < 4.78 is 0. The van der Waals surface area contributed by atoms with Crippen molar-refractivity contribution in [2.24, 2.45) is 5.92 Å². The van der Waals surface area contributed by atoms with Crippen molar-refractivity contribution in [2.45, 2.75) is 26.7 Å². The van der Waals surface area contributed by atoms with E-state index in [1.165, 1.54) is 12.8 Å². The average molecular weight is 145 g/mol. The Morgan fingerprint density at radius 3 is 1.88 bits per heavy atom. The predicted molar refractivity (Wildman–Crippen MR) is 35.2 cm³/mol. The molecule has 0 aromatic carbocycles. The third-order valence-corrected chi connectivity index (χ3v) is 0.781. The fourth-order valence-electron chi connectivity index (χ4n) is 0.493. The quantitative estimate of drug-likeness (QED) is 0.341. The Hall–Kier alpha value is 1.06. The molecule has 0 aromatic heterocycles. The minimum Gasteiger partial charge on any atom is -1.00 e. The molecule has 0 aromatic rings. The SMILES string of the molecule is [CH2-][C@@H](C)CCC.[Cl-].[Mg+2]. The van der Waals surface area contributed by atoms with Crippen LogP contribution in [0.5, 0.6) is 0 Å². The molecule has 0 saturated carbocycles. The Labute approximate surface area is 75.0 Å². The van der Waals surface area contributed by atoms with E-state index in [0.29, 0.717) is 5.92 Å². The van der Waals surface area contributed by atoms with Crippen molar-refractivity contribution in [3.63, 3.8) is 0 Å². The summed E-state index contributed by atoms with van der Waals surface area (Å²) in [6, 6.07) is 0. The van der Waals surface area contributed by atoms with E-state index in [0.717, 1.165) is 0 Å². The molecule has 0 spiro atoms. The van der Waals surface area contributed by atoms with E-state index in [2.05, 4.69) is 20.8 Å². The van der Waals surface area contributed by atoms with Gasteiger partial charge in [0.2, 0.25) is 0 Å². The van der Waals surface area contributed by atoms with Crippen LogP contribution in [0, 0.1) is 12.8 Å². The van der Waals surface area contributed by atoms with Gasteiger partial charge in [-0.1, -0.05) is 26.7 Å². The molecule has 0 aliphatic rings. The van der Waals surface area contributed by atoms with Gasteiger partial charge in [-0.3, -0.25) is 0 Å². The fraction of sp³-hybridized carbons (Fsp3) is 0.833. The molecule has 0 saturated heterocycles. The zero-order chi connectivity index (χ0) is 4.99. The summed E-state index contributed by atoms with van der Waals surface area (Å²) >= 11 is 0. The van der Waals surface area contributed by atoms with E-state index in [9.17, 15) is 0 Å². The third-order valence-electron chi connectivity index (χ3n) is 0.781. The summed E-state index contributed by atoms with van der Waals surface area (Å²) in [5, 5.41) is 0. The van der Waals surface area contributed by atoms with Gasteiger partial charge in [0.1, 0.15) is 0 Å². The summed E-state index contributed by atoms with van der Waals surface area (Å²) in [5.74, 6) is 0.648. The van der Waals surface area contributed by atoms with Crippen molar-refractivity contribution in [3.05, 3.63) is 6.92 Å². The van der Waals surface area contributed by atoms with Crippen LogP contribution in [0.3, 0.4) is 0 Å². The van der Waals surface area contributed by atoms with Gasteiger partial charge in [-0.05, 0) is 0 Å². The third kappa shape index (κ3) is 15.7. The summed E-state index contributed by atoms with van der Waals surface area (Å²) in [4.78, 5) is 0. The zero-order valence-corrected chi connectivity index (χ0v) is 7.95. The molecule has 0 aliphatic carbocycles. The molecular weight excluding hydrogens is 132 g/mol. The van der Waals surface area contributed by atoms with Gasteiger partial charge >= 0.3 is 23.1 Å². The Kier molecular flexibility index (Phi) is 21.9. The number of hydrogen-bond acceptors (Lipinski definition) is 0. The minimum absolute atomic E-state index is 0. The molecule has 0 bridgehead atoms. The van der Waals surface area contributed by atoms with Gasteiger partial charge in [0.15, 0.2) is 0 Å². The molecule has 0 unspecified atom stereocenters. The first-order valence-electron chi connectivity index (χ1n) is 2.60. The molecule has 0 N–H and O–H groups in total. The van der Waals surface area contributed by atoms with Gasteiger partial charge in [0.25, 0.3) is 0 Å². The number of hydrogen-bond donors (Lipinski definition) is 0. The van der Waals surface area contributed by atoms with Crippen LogP contribution < -0.4 is 12.4 Å². The maximum Gasteiger partial charge on any atom is 2.00 e. The molecule has 0 fully saturated rings. The first-order valence-corrected chi connectivity index (χ1v) is 2.60. The molecule has 0 aliphatic heterocycles. The maximum absolute atomic E-state index is 3.83. The first kappa shape index (κ1) is 16.0. The van der Waals surface area contributed by atoms with Crippen molar-refractivity contribution in [3.8, 4) is 0 Å². The molecule has 2 heteroatoms. The minimum atomic E-state index is 0. The number of halogens is 1. The van der Waals surface area contributed by atoms with Crippen molar-refractivity contribution in [1.29, 1.82) is 0 Å². The van der Waals surface area contributed by atoms with E-state index in [1.54, 1.807) is 0 Å². The molecule has 8 heavy (non-hydrogen) atoms. The van der Waals surface area contributed by atoms with Crippen LogP contribution in [0.4, 0.5) is 0 Å². The van der Waals surface area contributed by atoms with Crippen LogP contribution in [0.2, 0.25) is 0 Å². The Morgan fingerprint density at radius 1 is 1.50 bits per heavy atom. The zero-order valence-electron chi connectivity index (χ0n) is 5.78. The van der Waals surface area contributed by atoms with E-state index < -0.39 is 0 Å². The molecule has 0 amide bonds. The molecule has 0 radical (unpaired) electrons. The van der Waals surface area contributed by atoms with Crippen LogP contribution in [-0.2, 0) is 0 Å². The summed E-state index contributed by atoms with van der Waals surface area (Å²) in [6.07, 6.45) is 2.53. The Balaban J connectivity index is -0.000000125. The van der Waals surface area contributed by atoms with Crippen molar-refractivity contribution < 1.29 is 12.4 Å². The summed E-state index contributed by atoms with van der Waals surface area (Å²) in [6.45, 7) is 8.15. The van der Waals surface area contributed by atoms with Crippen molar-refractivity contribution in [1.82, 2.24) is 0 Å². The van der Waals surface area contributed by atoms with Crippen molar-refractivity contribution >= 4 is 23.1 Å². The van der Waals surface area contributed by atoms with Crippen LogP contribution in [-0.4, -0.2) is 23.1 Å². The second-order valence-electron chi connectivity index (χ2n) is 1.89. The molecule has 0 heterocycles. The standard InChI is InChI=1S/C6H13.ClH.Mg/c1-4-5-6(2)3;;/h6H,2,4-5H2,1,3H3;1H;/q-1;;+2/p-1/t6-;;/m0../s1. The normalized spacial score (nSPS) is 10.9. The maximum atomic E-state index is 3.83. The van der Waals surface area contributed by atoms with Gasteiger partial charge in [-0.15, -0.1) is 0 Å². The van der Waals surface area contributed by atoms with Crippen LogP contribution in [0.15, 0.2) is 0 Å². The fourth-order valence-corrected chi connectivity index (χ4v) is 0.493. The monoisotopic (exact) mass is 144 g/mol. The van der Waals surface area contributed by atoms with E-state index in [1.807, 2.05) is 0 Å². The second-order valence-corrected chi connectivity index (χ2v) is 1.89. The predicted octanol–water partition coefficient (Wildman–Crippen LogP) is -1.12. The van der Waals surface area contributed by atoms with Crippen LogP contribution in [0.25, 0.3) is 0 Å². The number of rotatable bonds is 2. The summed E-state index contributed by atoms with van der Waals surface area (Å²) in [5.41, 5.74) is 0. The smallest absolute Gasteiger partial charge is 1.00 e. The van der Waals surface area contributed by atoms with Gasteiger partial charge in [-0.25, -0.2) is 0 Å². The summed E-state index contributed by atoms with van der Waals surface area (Å²) in [7, 11) is 0. The van der Waals surface area contributed by atoms with E-state index >= 15 is 0 Å². The molecule has 1 atom stereocenters. The molecule has 0 rings (SSSR count). The van der Waals surface area contributed by atoms with E-state index in [4.69, 9.17) is 0 Å². The topological polar surface area (TPSA) is 0 Å². The van der Waals surface area contributed by atoms with Crippen LogP contribution >= 0.6 is 0 Å². The Morgan fingerprint density at radius 2 is 1.88 bits per heavy atom. The van der Waals surface area contributed by atoms with Crippen LogP contribution in [0.1, 0.15) is 26.7 Å². The molecule has 46 valence electrons. The van der Waals surface area contributed by atoms with Gasteiger partial charge < -0.3 is 19.3 Å². The van der Waals surface area contributed by atoms with Gasteiger partial charge in [0.05, 0.1) is 0 Å². The molecule has 0 nitrogen and oxygen atoms in total. The average Bonchev–Trinajstić information content (AvgIpc) is 1.35. The largest absolute Gasteiger partial charge is 2.00 e. The molecular formula is C6H13ClMg. The van der Waals surface area contributed by atoms with Gasteiger partial charge in [-0.2, -0.15) is 5.92 Å². The van der Waals surface area contributed by atoms with Gasteiger partial charge in [0, 0.05) is 0 Å². The Bertz CT molecular complexity index is 29.7.